The SMILES string of the molecule is CCCCCCCCCCCC.OB(O)O.OB(O)O.OB(O)O.OB(O)O.[KH].[NaH]. The van der Waals surface area contributed by atoms with Gasteiger partial charge < -0.3 is 60.3 Å². The molecule has 0 aliphatic rings. The summed E-state index contributed by atoms with van der Waals surface area (Å²) in [4.78, 5) is 0. The monoisotopic (exact) mass is 482 g/mol. The average Bonchev–Trinajstić information content (AvgIpc) is 2.48. The van der Waals surface area contributed by atoms with Gasteiger partial charge in [-0.1, -0.05) is 78.1 Å². The predicted octanol–water partition coefficient (Wildman–Crippen LogP) is -4.58. The van der Waals surface area contributed by atoms with Crippen molar-refractivity contribution in [2.75, 3.05) is 0 Å². The number of rotatable bonds is 9. The van der Waals surface area contributed by atoms with Gasteiger partial charge in [-0.25, -0.2) is 0 Å². The summed E-state index contributed by atoms with van der Waals surface area (Å²) in [7, 11) is -8.67. The second-order valence-corrected chi connectivity index (χ2v) is 5.21. The quantitative estimate of drug-likeness (QED) is 0.110. The summed E-state index contributed by atoms with van der Waals surface area (Å²) in [5.74, 6) is 0. The Hall–Kier alpha value is 2.42. The molecule has 0 aromatic rings. The fourth-order valence-corrected chi connectivity index (χ4v) is 1.56. The molecule has 0 aromatic heterocycles. The topological polar surface area (TPSA) is 243 Å². The van der Waals surface area contributed by atoms with E-state index in [1.165, 1.54) is 64.2 Å². The van der Waals surface area contributed by atoms with Crippen LogP contribution >= 0.6 is 0 Å². The van der Waals surface area contributed by atoms with Gasteiger partial charge >= 0.3 is 110 Å². The molecule has 0 aliphatic heterocycles. The molecule has 0 saturated heterocycles. The van der Waals surface area contributed by atoms with Gasteiger partial charge in [-0.05, 0) is 0 Å². The molecule has 0 saturated carbocycles. The van der Waals surface area contributed by atoms with Gasteiger partial charge in [-0.2, -0.15) is 0 Å². The van der Waals surface area contributed by atoms with Crippen molar-refractivity contribution in [3.05, 3.63) is 0 Å². The minimum absolute atomic E-state index is 0. The molecule has 0 rings (SSSR count). The molecule has 0 bridgehead atoms. The van der Waals surface area contributed by atoms with Crippen LogP contribution in [0, 0.1) is 0 Å². The van der Waals surface area contributed by atoms with Crippen LogP contribution in [0.1, 0.15) is 78.1 Å². The molecular formula is C12H40B4KNaO12. The first kappa shape index (κ1) is 49.5. The molecular weight excluding hydrogens is 441 g/mol. The summed E-state index contributed by atoms with van der Waals surface area (Å²) in [6.45, 7) is 4.56. The van der Waals surface area contributed by atoms with Gasteiger partial charge in [0.05, 0.1) is 0 Å². The van der Waals surface area contributed by atoms with E-state index in [9.17, 15) is 0 Å². The summed E-state index contributed by atoms with van der Waals surface area (Å²) in [6, 6.07) is 0. The van der Waals surface area contributed by atoms with Crippen LogP contribution < -0.4 is 0 Å². The Labute approximate surface area is 245 Å². The summed E-state index contributed by atoms with van der Waals surface area (Å²) < 4.78 is 0. The molecule has 18 heteroatoms. The van der Waals surface area contributed by atoms with Gasteiger partial charge in [0.25, 0.3) is 0 Å². The Morgan fingerprint density at radius 3 is 0.567 bits per heavy atom. The van der Waals surface area contributed by atoms with Crippen molar-refractivity contribution in [3.63, 3.8) is 0 Å². The fraction of sp³-hybridized carbons (Fsp3) is 1.00. The van der Waals surface area contributed by atoms with Gasteiger partial charge in [0.2, 0.25) is 0 Å². The van der Waals surface area contributed by atoms with Crippen LogP contribution in [0.15, 0.2) is 0 Å². The van der Waals surface area contributed by atoms with Crippen LogP contribution in [0.2, 0.25) is 0 Å². The van der Waals surface area contributed by atoms with Crippen LogP contribution in [0.5, 0.6) is 0 Å². The van der Waals surface area contributed by atoms with E-state index in [1.807, 2.05) is 0 Å². The molecule has 12 nitrogen and oxygen atoms in total. The van der Waals surface area contributed by atoms with E-state index in [0.29, 0.717) is 0 Å². The van der Waals surface area contributed by atoms with E-state index >= 15 is 0 Å². The zero-order valence-corrected chi connectivity index (χ0v) is 16.7. The first-order valence-electron chi connectivity index (χ1n) is 9.01. The molecule has 0 aliphatic carbocycles. The van der Waals surface area contributed by atoms with Crippen molar-refractivity contribution in [1.82, 2.24) is 0 Å². The number of hydrogen-bond acceptors (Lipinski definition) is 12. The third-order valence-corrected chi connectivity index (χ3v) is 2.46. The van der Waals surface area contributed by atoms with E-state index in [0.717, 1.165) is 0 Å². The van der Waals surface area contributed by atoms with Crippen LogP contribution in [-0.4, -0.2) is 171 Å². The van der Waals surface area contributed by atoms with Crippen molar-refractivity contribution in [2.24, 2.45) is 0 Å². The summed E-state index contributed by atoms with van der Waals surface area (Å²) in [6.07, 6.45) is 14.4. The van der Waals surface area contributed by atoms with E-state index < -0.39 is 29.3 Å². The molecule has 30 heavy (non-hydrogen) atoms. The van der Waals surface area contributed by atoms with Crippen molar-refractivity contribution < 1.29 is 60.3 Å². The van der Waals surface area contributed by atoms with E-state index in [4.69, 9.17) is 60.3 Å². The summed E-state index contributed by atoms with van der Waals surface area (Å²) in [5, 5.41) is 86.0. The third kappa shape index (κ3) is 202. The molecule has 0 unspecified atom stereocenters. The van der Waals surface area contributed by atoms with E-state index in [1.54, 1.807) is 0 Å². The van der Waals surface area contributed by atoms with Gasteiger partial charge in [-0.3, -0.25) is 0 Å². The Morgan fingerprint density at radius 2 is 0.467 bits per heavy atom. The van der Waals surface area contributed by atoms with Crippen molar-refractivity contribution in [3.8, 4) is 0 Å². The Balaban J connectivity index is -0.0000000493. The Morgan fingerprint density at radius 1 is 0.367 bits per heavy atom. The summed E-state index contributed by atoms with van der Waals surface area (Å²) >= 11 is 0. The average molecular weight is 482 g/mol. The Kier molecular flexibility index (Phi) is 80.5. The molecule has 0 aromatic carbocycles. The van der Waals surface area contributed by atoms with Crippen molar-refractivity contribution in [2.45, 2.75) is 78.1 Å². The number of unbranched alkanes of at least 4 members (excludes halogenated alkanes) is 9. The first-order valence-corrected chi connectivity index (χ1v) is 9.01. The van der Waals surface area contributed by atoms with Crippen LogP contribution in [0.25, 0.3) is 0 Å². The second-order valence-electron chi connectivity index (χ2n) is 5.21. The van der Waals surface area contributed by atoms with Crippen LogP contribution in [0.3, 0.4) is 0 Å². The predicted molar refractivity (Wildman–Crippen MR) is 121 cm³/mol. The fourth-order valence-electron chi connectivity index (χ4n) is 1.56. The molecule has 0 spiro atoms. The molecule has 0 radical (unpaired) electrons. The number of hydrogen-bond donors (Lipinski definition) is 12. The molecule has 0 amide bonds. The second kappa shape index (κ2) is 48.8. The maximum atomic E-state index is 7.17. The molecule has 0 fully saturated rings. The normalized spacial score (nSPS) is 7.80. The van der Waals surface area contributed by atoms with Gasteiger partial charge in [0, 0.05) is 0 Å². The molecule has 12 N–H and O–H groups in total. The van der Waals surface area contributed by atoms with Gasteiger partial charge in [0.1, 0.15) is 0 Å². The van der Waals surface area contributed by atoms with Crippen molar-refractivity contribution >= 4 is 110 Å². The Bertz CT molecular complexity index is 196. The van der Waals surface area contributed by atoms with Gasteiger partial charge in [-0.15, -0.1) is 0 Å². The maximum absolute atomic E-state index is 7.17. The minimum atomic E-state index is -2.17. The summed E-state index contributed by atoms with van der Waals surface area (Å²) in [5.41, 5.74) is 0. The van der Waals surface area contributed by atoms with E-state index in [2.05, 4.69) is 13.8 Å². The zero-order chi connectivity index (χ0) is 23.4. The first-order chi connectivity index (χ1) is 12.8. The molecule has 0 atom stereocenters. The van der Waals surface area contributed by atoms with Crippen molar-refractivity contribution in [1.29, 1.82) is 0 Å². The van der Waals surface area contributed by atoms with Crippen LogP contribution in [-0.2, 0) is 0 Å². The molecule has 174 valence electrons. The van der Waals surface area contributed by atoms with Crippen LogP contribution in [0.4, 0.5) is 0 Å². The van der Waals surface area contributed by atoms with Gasteiger partial charge in [0.15, 0.2) is 0 Å². The zero-order valence-electron chi connectivity index (χ0n) is 16.7. The van der Waals surface area contributed by atoms with E-state index in [-0.39, 0.29) is 80.9 Å². The third-order valence-electron chi connectivity index (χ3n) is 2.46. The molecule has 0 heterocycles. The standard InChI is InChI=1S/C12H26.4BH3O3.K.Na.2H/c1-3-5-7-9-11-12-10-8-6-4-2;4*2-1(3)4;;;;/h3-12H2,1-2H3;4*2-4H;;;;.